The summed E-state index contributed by atoms with van der Waals surface area (Å²) >= 11 is 1.68. The summed E-state index contributed by atoms with van der Waals surface area (Å²) in [5.41, 5.74) is 1.87. The lowest BCUT2D eigenvalue weighted by Gasteiger charge is -2.12. The van der Waals surface area contributed by atoms with Crippen molar-refractivity contribution in [3.05, 3.63) is 65.7 Å². The van der Waals surface area contributed by atoms with Gasteiger partial charge in [-0.25, -0.2) is 0 Å². The molecule has 1 atom stereocenters. The lowest BCUT2D eigenvalue weighted by atomic mass is 10.0. The molecule has 0 aromatic heterocycles. The molecule has 0 heterocycles. The first-order valence-electron chi connectivity index (χ1n) is 5.18. The second-order valence-corrected chi connectivity index (χ2v) is 4.47. The highest BCUT2D eigenvalue weighted by molar-refractivity contribution is 7.98. The lowest BCUT2D eigenvalue weighted by Crippen LogP contribution is -1.98. The number of hydrogen-bond donors (Lipinski definition) is 1. The molecule has 0 saturated carbocycles. The molecule has 2 aromatic rings. The molecule has 0 aliphatic carbocycles. The highest BCUT2D eigenvalue weighted by Crippen LogP contribution is 2.25. The van der Waals surface area contributed by atoms with Crippen LogP contribution in [0.4, 0.5) is 0 Å². The Balaban J connectivity index is 2.30. The molecule has 0 aliphatic heterocycles. The number of benzene rings is 2. The maximum Gasteiger partial charge on any atom is 0.104 e. The average molecular weight is 230 g/mol. The van der Waals surface area contributed by atoms with E-state index in [1.165, 1.54) is 4.90 Å². The molecule has 0 bridgehead atoms. The fourth-order valence-electron chi connectivity index (χ4n) is 1.64. The number of thioether (sulfide) groups is 1. The zero-order valence-electron chi connectivity index (χ0n) is 9.13. The van der Waals surface area contributed by atoms with Crippen molar-refractivity contribution in [1.29, 1.82) is 0 Å². The van der Waals surface area contributed by atoms with E-state index in [-0.39, 0.29) is 0 Å². The maximum absolute atomic E-state index is 10.2. The Hall–Kier alpha value is -1.25. The van der Waals surface area contributed by atoms with Crippen LogP contribution in [0.5, 0.6) is 0 Å². The molecule has 0 saturated heterocycles. The Morgan fingerprint density at radius 2 is 1.62 bits per heavy atom. The molecular weight excluding hydrogens is 216 g/mol. The van der Waals surface area contributed by atoms with Crippen molar-refractivity contribution < 1.29 is 5.11 Å². The van der Waals surface area contributed by atoms with Gasteiger partial charge in [-0.2, -0.15) is 0 Å². The van der Waals surface area contributed by atoms with Gasteiger partial charge in [0.2, 0.25) is 0 Å². The van der Waals surface area contributed by atoms with Crippen LogP contribution in [0.15, 0.2) is 59.5 Å². The molecule has 16 heavy (non-hydrogen) atoms. The van der Waals surface area contributed by atoms with Crippen molar-refractivity contribution in [2.75, 3.05) is 6.26 Å². The third-order valence-electron chi connectivity index (χ3n) is 2.52. The zero-order valence-corrected chi connectivity index (χ0v) is 9.95. The van der Waals surface area contributed by atoms with Gasteiger partial charge < -0.3 is 5.11 Å². The van der Waals surface area contributed by atoms with Gasteiger partial charge in [-0.1, -0.05) is 42.5 Å². The van der Waals surface area contributed by atoms with E-state index in [2.05, 4.69) is 0 Å². The first-order valence-corrected chi connectivity index (χ1v) is 6.40. The molecular formula is C14H14OS. The number of rotatable bonds is 3. The van der Waals surface area contributed by atoms with Gasteiger partial charge in [0, 0.05) is 4.90 Å². The smallest absolute Gasteiger partial charge is 0.104 e. The summed E-state index contributed by atoms with van der Waals surface area (Å²) in [5.74, 6) is 0. The first-order chi connectivity index (χ1) is 7.81. The molecule has 0 spiro atoms. The van der Waals surface area contributed by atoms with Crippen LogP contribution in [0, 0.1) is 0 Å². The van der Waals surface area contributed by atoms with Crippen LogP contribution in [0.25, 0.3) is 0 Å². The van der Waals surface area contributed by atoms with Gasteiger partial charge in [0.15, 0.2) is 0 Å². The van der Waals surface area contributed by atoms with Crippen LogP contribution in [0.2, 0.25) is 0 Å². The Morgan fingerprint density at radius 3 is 2.31 bits per heavy atom. The summed E-state index contributed by atoms with van der Waals surface area (Å²) < 4.78 is 0. The van der Waals surface area contributed by atoms with Crippen molar-refractivity contribution in [1.82, 2.24) is 0 Å². The van der Waals surface area contributed by atoms with E-state index in [0.717, 1.165) is 11.1 Å². The Kier molecular flexibility index (Phi) is 3.65. The van der Waals surface area contributed by atoms with Gasteiger partial charge in [-0.15, -0.1) is 11.8 Å². The largest absolute Gasteiger partial charge is 0.384 e. The summed E-state index contributed by atoms with van der Waals surface area (Å²) in [6.45, 7) is 0. The minimum absolute atomic E-state index is 0.534. The highest BCUT2D eigenvalue weighted by Gasteiger charge is 2.09. The third-order valence-corrected chi connectivity index (χ3v) is 3.25. The molecule has 1 nitrogen and oxygen atoms in total. The van der Waals surface area contributed by atoms with Gasteiger partial charge in [0.1, 0.15) is 6.10 Å². The van der Waals surface area contributed by atoms with Crippen molar-refractivity contribution in [2.24, 2.45) is 0 Å². The number of aliphatic hydroxyl groups is 1. The van der Waals surface area contributed by atoms with E-state index < -0.39 is 6.10 Å². The van der Waals surface area contributed by atoms with Crippen LogP contribution < -0.4 is 0 Å². The predicted molar refractivity (Wildman–Crippen MR) is 68.7 cm³/mol. The molecule has 0 aliphatic rings. The Morgan fingerprint density at radius 1 is 0.938 bits per heavy atom. The van der Waals surface area contributed by atoms with Crippen molar-refractivity contribution in [2.45, 2.75) is 11.0 Å². The molecule has 2 heteroatoms. The van der Waals surface area contributed by atoms with Gasteiger partial charge in [-0.05, 0) is 29.5 Å². The van der Waals surface area contributed by atoms with Crippen molar-refractivity contribution in [3.63, 3.8) is 0 Å². The molecule has 1 unspecified atom stereocenters. The molecule has 2 aromatic carbocycles. The van der Waals surface area contributed by atoms with E-state index in [1.54, 1.807) is 11.8 Å². The quantitative estimate of drug-likeness (QED) is 0.814. The second kappa shape index (κ2) is 5.19. The minimum atomic E-state index is -0.534. The molecule has 1 N–H and O–H groups in total. The highest BCUT2D eigenvalue weighted by atomic mass is 32.2. The average Bonchev–Trinajstić information content (AvgIpc) is 2.39. The monoisotopic (exact) mass is 230 g/mol. The second-order valence-electron chi connectivity index (χ2n) is 3.59. The summed E-state index contributed by atoms with van der Waals surface area (Å²) in [4.78, 5) is 1.17. The van der Waals surface area contributed by atoms with Gasteiger partial charge >= 0.3 is 0 Å². The van der Waals surface area contributed by atoms with Gasteiger partial charge in [0.05, 0.1) is 0 Å². The van der Waals surface area contributed by atoms with E-state index in [0.29, 0.717) is 0 Å². The SMILES string of the molecule is CSc1cccc(C(O)c2ccccc2)c1. The molecule has 2 rings (SSSR count). The van der Waals surface area contributed by atoms with Crippen LogP contribution in [0.3, 0.4) is 0 Å². The molecule has 0 radical (unpaired) electrons. The zero-order chi connectivity index (χ0) is 11.4. The first kappa shape index (κ1) is 11.2. The summed E-state index contributed by atoms with van der Waals surface area (Å²) in [6, 6.07) is 17.7. The Bertz CT molecular complexity index is 453. The number of hydrogen-bond acceptors (Lipinski definition) is 2. The topological polar surface area (TPSA) is 20.2 Å². The fourth-order valence-corrected chi connectivity index (χ4v) is 2.11. The lowest BCUT2D eigenvalue weighted by molar-refractivity contribution is 0.220. The maximum atomic E-state index is 10.2. The van der Waals surface area contributed by atoms with E-state index >= 15 is 0 Å². The van der Waals surface area contributed by atoms with E-state index in [4.69, 9.17) is 0 Å². The normalized spacial score (nSPS) is 12.4. The fraction of sp³-hybridized carbons (Fsp3) is 0.143. The minimum Gasteiger partial charge on any atom is -0.384 e. The molecule has 82 valence electrons. The standard InChI is InChI=1S/C14H14OS/c1-16-13-9-5-8-12(10-13)14(15)11-6-3-2-4-7-11/h2-10,14-15H,1H3. The van der Waals surface area contributed by atoms with Crippen LogP contribution >= 0.6 is 11.8 Å². The van der Waals surface area contributed by atoms with Gasteiger partial charge in [-0.3, -0.25) is 0 Å². The van der Waals surface area contributed by atoms with Crippen molar-refractivity contribution in [3.8, 4) is 0 Å². The number of aliphatic hydroxyl groups excluding tert-OH is 1. The third kappa shape index (κ3) is 2.46. The summed E-state index contributed by atoms with van der Waals surface area (Å²) in [7, 11) is 0. The van der Waals surface area contributed by atoms with E-state index in [9.17, 15) is 5.11 Å². The van der Waals surface area contributed by atoms with Crippen LogP contribution in [0.1, 0.15) is 17.2 Å². The van der Waals surface area contributed by atoms with E-state index in [1.807, 2.05) is 60.9 Å². The Labute approximate surface area is 100 Å². The van der Waals surface area contributed by atoms with Crippen LogP contribution in [-0.2, 0) is 0 Å². The predicted octanol–water partition coefficient (Wildman–Crippen LogP) is 3.49. The summed E-state index contributed by atoms with van der Waals surface area (Å²) in [5, 5.41) is 10.2. The van der Waals surface area contributed by atoms with Crippen LogP contribution in [-0.4, -0.2) is 11.4 Å². The molecule has 0 amide bonds. The van der Waals surface area contributed by atoms with Gasteiger partial charge in [0.25, 0.3) is 0 Å². The summed E-state index contributed by atoms with van der Waals surface area (Å²) in [6.07, 6.45) is 1.50. The van der Waals surface area contributed by atoms with Crippen molar-refractivity contribution >= 4 is 11.8 Å². The molecule has 0 fully saturated rings.